The van der Waals surface area contributed by atoms with E-state index in [1.165, 1.54) is 11.1 Å². The van der Waals surface area contributed by atoms with Gasteiger partial charge in [-0.25, -0.2) is 0 Å². The zero-order valence-corrected chi connectivity index (χ0v) is 15.3. The van der Waals surface area contributed by atoms with Crippen LogP contribution in [0.5, 0.6) is 0 Å². The summed E-state index contributed by atoms with van der Waals surface area (Å²) in [6, 6.07) is 17.0. The Bertz CT molecular complexity index is 801. The molecule has 0 N–H and O–H groups in total. The molecule has 4 rings (SSSR count). The fourth-order valence-corrected chi connectivity index (χ4v) is 4.63. The second-order valence-corrected chi connectivity index (χ2v) is 7.78. The van der Waals surface area contributed by atoms with Gasteiger partial charge in [-0.3, -0.25) is 9.69 Å². The summed E-state index contributed by atoms with van der Waals surface area (Å²) in [4.78, 5) is 17.5. The van der Waals surface area contributed by atoms with Gasteiger partial charge in [-0.15, -0.1) is 0 Å². The Morgan fingerprint density at radius 1 is 1.12 bits per heavy atom. The maximum atomic E-state index is 13.0. The number of carbonyl (C=O) groups excluding carboxylic acids is 1. The number of hydrogen-bond donors (Lipinski definition) is 0. The highest BCUT2D eigenvalue weighted by Gasteiger charge is 2.52. The first kappa shape index (κ1) is 16.3. The highest BCUT2D eigenvalue weighted by Crippen LogP contribution is 2.45. The van der Waals surface area contributed by atoms with Crippen LogP contribution in [-0.2, 0) is 6.42 Å². The number of fused-ring (bicyclic) bond motifs is 3. The molecule has 2 aliphatic heterocycles. The fraction of sp³-hybridized carbons (Fsp3) is 0.409. The Labute approximate surface area is 150 Å². The average molecular weight is 334 g/mol. The summed E-state index contributed by atoms with van der Waals surface area (Å²) in [5, 5.41) is 0. The van der Waals surface area contributed by atoms with E-state index >= 15 is 0 Å². The monoisotopic (exact) mass is 334 g/mol. The molecule has 25 heavy (non-hydrogen) atoms. The third-order valence-electron chi connectivity index (χ3n) is 6.26. The molecule has 0 radical (unpaired) electrons. The van der Waals surface area contributed by atoms with Crippen LogP contribution >= 0.6 is 0 Å². The number of likely N-dealkylation sites (N-methyl/N-ethyl adjacent to an activating group) is 1. The van der Waals surface area contributed by atoms with Gasteiger partial charge in [0.25, 0.3) is 5.91 Å². The molecular formula is C22H26N2O. The molecule has 3 nitrogen and oxygen atoms in total. The normalized spacial score (nSPS) is 25.8. The molecule has 2 atom stereocenters. The number of benzene rings is 2. The lowest BCUT2D eigenvalue weighted by Crippen LogP contribution is -2.55. The van der Waals surface area contributed by atoms with Crippen molar-refractivity contribution in [2.45, 2.75) is 31.7 Å². The molecule has 2 heterocycles. The van der Waals surface area contributed by atoms with E-state index in [1.807, 2.05) is 11.9 Å². The molecular weight excluding hydrogens is 308 g/mol. The number of rotatable bonds is 3. The summed E-state index contributed by atoms with van der Waals surface area (Å²) in [5.74, 6) is 0.567. The minimum atomic E-state index is -0.117. The fourth-order valence-electron chi connectivity index (χ4n) is 4.63. The first-order chi connectivity index (χ1) is 12.0. The molecule has 1 fully saturated rings. The molecule has 0 aromatic heterocycles. The second kappa shape index (κ2) is 5.99. The number of nitrogens with zero attached hydrogens (tertiary/aromatic N) is 2. The summed E-state index contributed by atoms with van der Waals surface area (Å²) in [5.41, 5.74) is 4.53. The van der Waals surface area contributed by atoms with E-state index in [9.17, 15) is 4.79 Å². The minimum Gasteiger partial charge on any atom is -0.334 e. The third kappa shape index (κ3) is 2.58. The molecule has 2 aliphatic rings. The lowest BCUT2D eigenvalue weighted by Gasteiger charge is -2.45. The summed E-state index contributed by atoms with van der Waals surface area (Å²) in [6.45, 7) is 7.32. The standard InChI is InChI=1S/C22H26N2O/c1-16-8-7-11-18-19-14-24(13-12-17-9-5-4-6-10-17)15-22(19,2)23(3)21(25)20(16)18/h4-11,19H,12-15H2,1-3H3/t19-,22+/m1/s1. The molecule has 1 saturated heterocycles. The predicted molar refractivity (Wildman–Crippen MR) is 101 cm³/mol. The van der Waals surface area contributed by atoms with Crippen LogP contribution in [0, 0.1) is 6.92 Å². The molecule has 0 spiro atoms. The van der Waals surface area contributed by atoms with Gasteiger partial charge in [0.05, 0.1) is 5.54 Å². The first-order valence-corrected chi connectivity index (χ1v) is 9.14. The first-order valence-electron chi connectivity index (χ1n) is 9.14. The Morgan fingerprint density at radius 2 is 1.88 bits per heavy atom. The second-order valence-electron chi connectivity index (χ2n) is 7.78. The van der Waals surface area contributed by atoms with Gasteiger partial charge in [0.15, 0.2) is 0 Å². The molecule has 2 aromatic carbocycles. The van der Waals surface area contributed by atoms with Gasteiger partial charge in [0.1, 0.15) is 0 Å². The minimum absolute atomic E-state index is 0.117. The Morgan fingerprint density at radius 3 is 2.64 bits per heavy atom. The van der Waals surface area contributed by atoms with E-state index < -0.39 is 0 Å². The molecule has 130 valence electrons. The SMILES string of the molecule is Cc1cccc2c1C(=O)N(C)[C@@]1(C)CN(CCc3ccccc3)C[C@H]21. The van der Waals surface area contributed by atoms with Crippen LogP contribution in [-0.4, -0.2) is 47.9 Å². The van der Waals surface area contributed by atoms with Crippen molar-refractivity contribution < 1.29 is 4.79 Å². The van der Waals surface area contributed by atoms with Gasteiger partial charge in [0.2, 0.25) is 0 Å². The maximum absolute atomic E-state index is 13.0. The van der Waals surface area contributed by atoms with Crippen molar-refractivity contribution in [3.63, 3.8) is 0 Å². The van der Waals surface area contributed by atoms with E-state index in [2.05, 4.69) is 67.3 Å². The summed E-state index contributed by atoms with van der Waals surface area (Å²) >= 11 is 0. The van der Waals surface area contributed by atoms with Crippen molar-refractivity contribution in [2.75, 3.05) is 26.7 Å². The van der Waals surface area contributed by atoms with E-state index in [1.54, 1.807) is 0 Å². The lowest BCUT2D eigenvalue weighted by atomic mass is 9.75. The molecule has 0 saturated carbocycles. The van der Waals surface area contributed by atoms with Gasteiger partial charge in [-0.05, 0) is 37.0 Å². The zero-order chi connectivity index (χ0) is 17.6. The number of hydrogen-bond acceptors (Lipinski definition) is 2. The Kier molecular flexibility index (Phi) is 3.92. The third-order valence-corrected chi connectivity index (χ3v) is 6.26. The number of likely N-dealkylation sites (tertiary alicyclic amines) is 1. The summed E-state index contributed by atoms with van der Waals surface area (Å²) in [6.07, 6.45) is 1.06. The predicted octanol–water partition coefficient (Wildman–Crippen LogP) is 3.48. The van der Waals surface area contributed by atoms with Crippen LogP contribution in [0.3, 0.4) is 0 Å². The number of amides is 1. The van der Waals surface area contributed by atoms with Gasteiger partial charge in [-0.2, -0.15) is 0 Å². The summed E-state index contributed by atoms with van der Waals surface area (Å²) < 4.78 is 0. The maximum Gasteiger partial charge on any atom is 0.254 e. The molecule has 0 unspecified atom stereocenters. The van der Waals surface area contributed by atoms with Crippen LogP contribution in [0.1, 0.15) is 39.9 Å². The van der Waals surface area contributed by atoms with Crippen molar-refractivity contribution in [3.8, 4) is 0 Å². The molecule has 0 aliphatic carbocycles. The molecule has 0 bridgehead atoms. The Balaban J connectivity index is 1.60. The van der Waals surface area contributed by atoms with E-state index in [0.717, 1.165) is 37.2 Å². The Hall–Kier alpha value is -2.13. The van der Waals surface area contributed by atoms with E-state index in [4.69, 9.17) is 0 Å². The molecule has 3 heteroatoms. The van der Waals surface area contributed by atoms with Gasteiger partial charge < -0.3 is 4.90 Å². The number of carbonyl (C=O) groups is 1. The summed E-state index contributed by atoms with van der Waals surface area (Å²) in [7, 11) is 1.98. The average Bonchev–Trinajstić information content (AvgIpc) is 2.97. The molecule has 1 amide bonds. The lowest BCUT2D eigenvalue weighted by molar-refractivity contribution is 0.0539. The van der Waals surface area contributed by atoms with Gasteiger partial charge in [-0.1, -0.05) is 48.5 Å². The van der Waals surface area contributed by atoms with Crippen LogP contribution < -0.4 is 0 Å². The van der Waals surface area contributed by atoms with Gasteiger partial charge in [0, 0.05) is 38.2 Å². The smallest absolute Gasteiger partial charge is 0.254 e. The quantitative estimate of drug-likeness (QED) is 0.858. The van der Waals surface area contributed by atoms with Crippen LogP contribution in [0.4, 0.5) is 0 Å². The van der Waals surface area contributed by atoms with E-state index in [-0.39, 0.29) is 11.4 Å². The molecule has 2 aromatic rings. The zero-order valence-electron chi connectivity index (χ0n) is 15.3. The van der Waals surface area contributed by atoms with Crippen LogP contribution in [0.25, 0.3) is 0 Å². The van der Waals surface area contributed by atoms with Crippen molar-refractivity contribution in [2.24, 2.45) is 0 Å². The van der Waals surface area contributed by atoms with Crippen molar-refractivity contribution >= 4 is 5.91 Å². The van der Waals surface area contributed by atoms with E-state index in [0.29, 0.717) is 5.92 Å². The van der Waals surface area contributed by atoms with Crippen LogP contribution in [0.15, 0.2) is 48.5 Å². The largest absolute Gasteiger partial charge is 0.334 e. The highest BCUT2D eigenvalue weighted by atomic mass is 16.2. The van der Waals surface area contributed by atoms with Crippen molar-refractivity contribution in [3.05, 3.63) is 70.8 Å². The van der Waals surface area contributed by atoms with Gasteiger partial charge >= 0.3 is 0 Å². The topological polar surface area (TPSA) is 23.6 Å². The van der Waals surface area contributed by atoms with Crippen molar-refractivity contribution in [1.29, 1.82) is 0 Å². The highest BCUT2D eigenvalue weighted by molar-refractivity contribution is 5.99. The van der Waals surface area contributed by atoms with Crippen molar-refractivity contribution in [1.82, 2.24) is 9.80 Å². The number of aryl methyl sites for hydroxylation is 1. The van der Waals surface area contributed by atoms with Crippen LogP contribution in [0.2, 0.25) is 0 Å².